The number of nitro groups is 1. The van der Waals surface area contributed by atoms with Crippen molar-refractivity contribution in [3.63, 3.8) is 0 Å². The number of nitrogens with one attached hydrogen (secondary N) is 1. The number of halogens is 3. The van der Waals surface area contributed by atoms with Gasteiger partial charge in [-0.3, -0.25) is 14.9 Å². The fraction of sp³-hybridized carbons (Fsp3) is 0.316. The molecule has 9 heteroatoms. The number of hydrogen-bond donors (Lipinski definition) is 2. The topological polar surface area (TPSA) is 92.5 Å². The number of nitrogens with zero attached hydrogens (tertiary/aromatic N) is 1. The van der Waals surface area contributed by atoms with Gasteiger partial charge in [-0.05, 0) is 29.7 Å². The minimum Gasteiger partial charge on any atom is -0.386 e. The van der Waals surface area contributed by atoms with Gasteiger partial charge >= 0.3 is 6.18 Å². The number of rotatable bonds is 7. The Hall–Kier alpha value is -2.94. The van der Waals surface area contributed by atoms with Crippen LogP contribution in [0.1, 0.15) is 36.1 Å². The van der Waals surface area contributed by atoms with Crippen LogP contribution in [-0.2, 0) is 17.4 Å². The molecule has 28 heavy (non-hydrogen) atoms. The summed E-state index contributed by atoms with van der Waals surface area (Å²) in [4.78, 5) is 22.5. The highest BCUT2D eigenvalue weighted by Crippen LogP contribution is 2.30. The van der Waals surface area contributed by atoms with E-state index in [1.807, 2.05) is 0 Å². The van der Waals surface area contributed by atoms with Crippen molar-refractivity contribution in [3.05, 3.63) is 75.3 Å². The highest BCUT2D eigenvalue weighted by Gasteiger charge is 2.30. The van der Waals surface area contributed by atoms with Gasteiger partial charge in [0.05, 0.1) is 29.1 Å². The van der Waals surface area contributed by atoms with E-state index < -0.39 is 34.7 Å². The van der Waals surface area contributed by atoms with Gasteiger partial charge in [0.25, 0.3) is 5.69 Å². The quantitative estimate of drug-likeness (QED) is 0.550. The molecule has 0 fully saturated rings. The van der Waals surface area contributed by atoms with E-state index in [-0.39, 0.29) is 17.7 Å². The van der Waals surface area contributed by atoms with Gasteiger partial charge in [-0.25, -0.2) is 0 Å². The Kier molecular flexibility index (Phi) is 6.74. The molecule has 0 heterocycles. The Balaban J connectivity index is 2.05. The first-order valence-corrected chi connectivity index (χ1v) is 8.49. The second kappa shape index (κ2) is 8.83. The average molecular weight is 396 g/mol. The van der Waals surface area contributed by atoms with Gasteiger partial charge in [0.2, 0.25) is 5.91 Å². The predicted molar refractivity (Wildman–Crippen MR) is 95.4 cm³/mol. The maximum Gasteiger partial charge on any atom is 0.416 e. The predicted octanol–water partition coefficient (Wildman–Crippen LogP) is 3.78. The van der Waals surface area contributed by atoms with Gasteiger partial charge in [0.15, 0.2) is 0 Å². The molecule has 0 saturated heterocycles. The van der Waals surface area contributed by atoms with Crippen LogP contribution >= 0.6 is 0 Å². The monoisotopic (exact) mass is 396 g/mol. The van der Waals surface area contributed by atoms with Crippen LogP contribution in [0, 0.1) is 10.1 Å². The summed E-state index contributed by atoms with van der Waals surface area (Å²) < 4.78 is 37.9. The van der Waals surface area contributed by atoms with Crippen molar-refractivity contribution in [2.45, 2.75) is 38.1 Å². The molecule has 2 N–H and O–H groups in total. The average Bonchev–Trinajstić information content (AvgIpc) is 2.65. The van der Waals surface area contributed by atoms with E-state index in [0.717, 1.165) is 12.1 Å². The maximum atomic E-state index is 12.6. The van der Waals surface area contributed by atoms with E-state index in [1.54, 1.807) is 13.0 Å². The highest BCUT2D eigenvalue weighted by molar-refractivity contribution is 5.79. The van der Waals surface area contributed by atoms with E-state index in [2.05, 4.69) is 5.32 Å². The number of amides is 1. The normalized spacial score (nSPS) is 13.6. The number of benzene rings is 2. The van der Waals surface area contributed by atoms with Crippen molar-refractivity contribution in [3.8, 4) is 0 Å². The largest absolute Gasteiger partial charge is 0.416 e. The molecule has 0 saturated carbocycles. The number of hydrogen-bond acceptors (Lipinski definition) is 4. The lowest BCUT2D eigenvalue weighted by atomic mass is 9.98. The molecule has 0 aliphatic carbocycles. The van der Waals surface area contributed by atoms with E-state index in [4.69, 9.17) is 0 Å². The molecule has 0 aliphatic heterocycles. The third kappa shape index (κ3) is 5.53. The van der Waals surface area contributed by atoms with Crippen molar-refractivity contribution < 1.29 is 28.0 Å². The van der Waals surface area contributed by atoms with Crippen molar-refractivity contribution in [1.82, 2.24) is 5.32 Å². The fourth-order valence-electron chi connectivity index (χ4n) is 2.73. The number of aliphatic hydroxyl groups is 1. The van der Waals surface area contributed by atoms with Gasteiger partial charge in [0, 0.05) is 12.1 Å². The summed E-state index contributed by atoms with van der Waals surface area (Å²) in [6.45, 7) is 1.71. The summed E-state index contributed by atoms with van der Waals surface area (Å²) in [5, 5.41) is 23.8. The van der Waals surface area contributed by atoms with E-state index in [9.17, 15) is 33.2 Å². The van der Waals surface area contributed by atoms with Gasteiger partial charge in [-0.2, -0.15) is 13.2 Å². The Morgan fingerprint density at radius 2 is 1.86 bits per heavy atom. The smallest absolute Gasteiger partial charge is 0.386 e. The standard InChI is InChI=1S/C19H19F3N2O4/c1-2-16(18(26)13-6-8-14(9-7-13)19(20,21)22)23-17(25)11-12-4-3-5-15(10-12)24(27)28/h3-10,16,18,26H,2,11H2,1H3,(H,23,25)/t16-,18+/m0/s1. The first-order chi connectivity index (χ1) is 13.1. The second-order valence-electron chi connectivity index (χ2n) is 6.25. The summed E-state index contributed by atoms with van der Waals surface area (Å²) in [6.07, 6.45) is -5.46. The molecule has 0 aromatic heterocycles. The molecule has 2 atom stereocenters. The van der Waals surface area contributed by atoms with E-state index >= 15 is 0 Å². The van der Waals surface area contributed by atoms with Crippen molar-refractivity contribution in [1.29, 1.82) is 0 Å². The zero-order chi connectivity index (χ0) is 20.9. The third-order valence-electron chi connectivity index (χ3n) is 4.23. The summed E-state index contributed by atoms with van der Waals surface area (Å²) in [5.41, 5.74) is -0.283. The van der Waals surface area contributed by atoms with Crippen LogP contribution in [0.3, 0.4) is 0 Å². The molecule has 0 aliphatic rings. The van der Waals surface area contributed by atoms with Crippen LogP contribution in [0.5, 0.6) is 0 Å². The molecule has 150 valence electrons. The summed E-state index contributed by atoms with van der Waals surface area (Å²) in [6, 6.07) is 8.99. The molecule has 1 amide bonds. The first-order valence-electron chi connectivity index (χ1n) is 8.49. The van der Waals surface area contributed by atoms with Gasteiger partial charge in [-0.1, -0.05) is 31.2 Å². The van der Waals surface area contributed by atoms with Crippen LogP contribution < -0.4 is 5.32 Å². The highest BCUT2D eigenvalue weighted by atomic mass is 19.4. The fourth-order valence-corrected chi connectivity index (χ4v) is 2.73. The molecule has 2 aromatic rings. The Labute approximate surface area is 159 Å². The molecule has 2 aromatic carbocycles. The van der Waals surface area contributed by atoms with Crippen molar-refractivity contribution in [2.75, 3.05) is 0 Å². The van der Waals surface area contributed by atoms with E-state index in [0.29, 0.717) is 12.0 Å². The third-order valence-corrected chi connectivity index (χ3v) is 4.23. The lowest BCUT2D eigenvalue weighted by Gasteiger charge is -2.23. The van der Waals surface area contributed by atoms with E-state index in [1.165, 1.54) is 30.3 Å². The molecule has 0 spiro atoms. The Bertz CT molecular complexity index is 838. The molecular formula is C19H19F3N2O4. The van der Waals surface area contributed by atoms with Gasteiger partial charge < -0.3 is 10.4 Å². The maximum absolute atomic E-state index is 12.6. The molecule has 2 rings (SSSR count). The molecular weight excluding hydrogens is 377 g/mol. The van der Waals surface area contributed by atoms with Crippen LogP contribution in [0.25, 0.3) is 0 Å². The molecule has 0 unspecified atom stereocenters. The second-order valence-corrected chi connectivity index (χ2v) is 6.25. The minimum absolute atomic E-state index is 0.127. The number of nitro benzene ring substituents is 1. The van der Waals surface area contributed by atoms with Crippen LogP contribution in [0.4, 0.5) is 18.9 Å². The Morgan fingerprint density at radius 3 is 2.39 bits per heavy atom. The SMILES string of the molecule is CC[C@H](NC(=O)Cc1cccc([N+](=O)[O-])c1)[C@H](O)c1ccc(C(F)(F)F)cc1. The summed E-state index contributed by atoms with van der Waals surface area (Å²) >= 11 is 0. The van der Waals surface area contributed by atoms with Gasteiger partial charge in [0.1, 0.15) is 0 Å². The van der Waals surface area contributed by atoms with Crippen LogP contribution in [0.2, 0.25) is 0 Å². The number of aliphatic hydroxyl groups excluding tert-OH is 1. The molecule has 6 nitrogen and oxygen atoms in total. The zero-order valence-corrected chi connectivity index (χ0v) is 14.9. The van der Waals surface area contributed by atoms with Crippen LogP contribution in [0.15, 0.2) is 48.5 Å². The number of non-ortho nitro benzene ring substituents is 1. The lowest BCUT2D eigenvalue weighted by Crippen LogP contribution is -2.39. The number of carbonyl (C=O) groups excluding carboxylic acids is 1. The van der Waals surface area contributed by atoms with Crippen LogP contribution in [-0.4, -0.2) is 22.0 Å². The number of carbonyl (C=O) groups is 1. The summed E-state index contributed by atoms with van der Waals surface area (Å²) in [7, 11) is 0. The zero-order valence-electron chi connectivity index (χ0n) is 14.9. The van der Waals surface area contributed by atoms with Crippen molar-refractivity contribution in [2.24, 2.45) is 0 Å². The lowest BCUT2D eigenvalue weighted by molar-refractivity contribution is -0.384. The Morgan fingerprint density at radius 1 is 1.21 bits per heavy atom. The van der Waals surface area contributed by atoms with Crippen molar-refractivity contribution >= 4 is 11.6 Å². The minimum atomic E-state index is -4.47. The molecule has 0 bridgehead atoms. The van der Waals surface area contributed by atoms with Gasteiger partial charge in [-0.15, -0.1) is 0 Å². The molecule has 0 radical (unpaired) electrons. The summed E-state index contributed by atoms with van der Waals surface area (Å²) in [5.74, 6) is -0.460. The number of alkyl halides is 3. The first kappa shape index (κ1) is 21.4.